The Bertz CT molecular complexity index is 349. The first-order valence-electron chi connectivity index (χ1n) is 6.05. The van der Waals surface area contributed by atoms with E-state index in [4.69, 9.17) is 4.74 Å². The molecule has 0 aromatic carbocycles. The van der Waals surface area contributed by atoms with Crippen LogP contribution in [0.1, 0.15) is 44.2 Å². The van der Waals surface area contributed by atoms with Gasteiger partial charge in [-0.3, -0.25) is 4.68 Å². The van der Waals surface area contributed by atoms with Gasteiger partial charge >= 0.3 is 0 Å². The van der Waals surface area contributed by atoms with Crippen molar-refractivity contribution in [2.24, 2.45) is 0 Å². The van der Waals surface area contributed by atoms with Gasteiger partial charge in [-0.05, 0) is 19.3 Å². The maximum absolute atomic E-state index is 9.98. The molecule has 2 rings (SSSR count). The van der Waals surface area contributed by atoms with Crippen molar-refractivity contribution in [1.29, 1.82) is 0 Å². The number of methoxy groups -OCH3 is 1. The van der Waals surface area contributed by atoms with Gasteiger partial charge in [0, 0.05) is 12.5 Å². The number of aryl methyl sites for hydroxylation is 1. The Morgan fingerprint density at radius 1 is 1.56 bits per heavy atom. The number of ether oxygens (including phenoxy) is 1. The molecular formula is C12H20N2O2. The van der Waals surface area contributed by atoms with Crippen molar-refractivity contribution < 1.29 is 9.84 Å². The molecule has 1 heterocycles. The fraction of sp³-hybridized carbons (Fsp3) is 0.750. The summed E-state index contributed by atoms with van der Waals surface area (Å²) in [5, 5.41) is 14.3. The Balaban J connectivity index is 2.31. The van der Waals surface area contributed by atoms with Crippen molar-refractivity contribution in [3.8, 4) is 5.75 Å². The van der Waals surface area contributed by atoms with E-state index in [1.165, 1.54) is 0 Å². The molecular weight excluding hydrogens is 204 g/mol. The summed E-state index contributed by atoms with van der Waals surface area (Å²) in [6, 6.07) is 0. The largest absolute Gasteiger partial charge is 0.493 e. The molecule has 1 aliphatic carbocycles. The SMILES string of the molecule is CCCn1ncc(OC)c1C1CCCC1O. The van der Waals surface area contributed by atoms with E-state index < -0.39 is 0 Å². The summed E-state index contributed by atoms with van der Waals surface area (Å²) in [6.45, 7) is 3.02. The fourth-order valence-electron chi connectivity index (χ4n) is 2.56. The number of hydrogen-bond acceptors (Lipinski definition) is 3. The zero-order chi connectivity index (χ0) is 11.5. The molecule has 2 atom stereocenters. The number of aliphatic hydroxyl groups excluding tert-OH is 1. The van der Waals surface area contributed by atoms with E-state index in [2.05, 4.69) is 12.0 Å². The number of nitrogens with zero attached hydrogens (tertiary/aromatic N) is 2. The first kappa shape index (κ1) is 11.5. The lowest BCUT2D eigenvalue weighted by atomic mass is 10.0. The molecule has 1 N–H and O–H groups in total. The predicted molar refractivity (Wildman–Crippen MR) is 61.7 cm³/mol. The monoisotopic (exact) mass is 224 g/mol. The van der Waals surface area contributed by atoms with Crippen molar-refractivity contribution in [3.05, 3.63) is 11.9 Å². The Hall–Kier alpha value is -1.03. The van der Waals surface area contributed by atoms with Crippen LogP contribution in [0, 0.1) is 0 Å². The second kappa shape index (κ2) is 4.87. The minimum atomic E-state index is -0.235. The molecule has 1 saturated carbocycles. The van der Waals surface area contributed by atoms with Crippen molar-refractivity contribution in [2.75, 3.05) is 7.11 Å². The van der Waals surface area contributed by atoms with Crippen LogP contribution >= 0.6 is 0 Å². The third-order valence-electron chi connectivity index (χ3n) is 3.33. The fourth-order valence-corrected chi connectivity index (χ4v) is 2.56. The van der Waals surface area contributed by atoms with Crippen LogP contribution in [0.5, 0.6) is 5.75 Å². The highest BCUT2D eigenvalue weighted by atomic mass is 16.5. The van der Waals surface area contributed by atoms with E-state index in [0.29, 0.717) is 0 Å². The third kappa shape index (κ3) is 1.94. The zero-order valence-corrected chi connectivity index (χ0v) is 10.0. The Labute approximate surface area is 96.2 Å². The highest BCUT2D eigenvalue weighted by Crippen LogP contribution is 2.38. The van der Waals surface area contributed by atoms with Gasteiger partial charge in [0.15, 0.2) is 5.75 Å². The summed E-state index contributed by atoms with van der Waals surface area (Å²) in [6.07, 6.45) is 5.59. The van der Waals surface area contributed by atoms with Crippen LogP contribution in [0.3, 0.4) is 0 Å². The molecule has 1 aliphatic rings. The first-order chi connectivity index (χ1) is 7.77. The van der Waals surface area contributed by atoms with E-state index in [1.807, 2.05) is 4.68 Å². The molecule has 0 saturated heterocycles. The second-order valence-electron chi connectivity index (χ2n) is 4.43. The van der Waals surface area contributed by atoms with Gasteiger partial charge in [0.05, 0.1) is 25.1 Å². The minimum Gasteiger partial charge on any atom is -0.493 e. The van der Waals surface area contributed by atoms with Crippen LogP contribution in [0.15, 0.2) is 6.20 Å². The van der Waals surface area contributed by atoms with Gasteiger partial charge < -0.3 is 9.84 Å². The van der Waals surface area contributed by atoms with Crippen LogP contribution in [-0.2, 0) is 6.54 Å². The van der Waals surface area contributed by atoms with E-state index >= 15 is 0 Å². The molecule has 90 valence electrons. The summed E-state index contributed by atoms with van der Waals surface area (Å²) < 4.78 is 7.32. The molecule has 0 aliphatic heterocycles. The minimum absolute atomic E-state index is 0.198. The molecule has 0 spiro atoms. The molecule has 0 bridgehead atoms. The summed E-state index contributed by atoms with van der Waals surface area (Å²) >= 11 is 0. The standard InChI is InChI=1S/C12H20N2O2/c1-3-7-14-12(11(16-2)8-13-14)9-5-4-6-10(9)15/h8-10,15H,3-7H2,1-2H3. The molecule has 1 aromatic heterocycles. The molecule has 2 unspecified atom stereocenters. The van der Waals surface area contributed by atoms with Crippen molar-refractivity contribution in [3.63, 3.8) is 0 Å². The van der Waals surface area contributed by atoms with Crippen molar-refractivity contribution in [2.45, 2.75) is 51.2 Å². The molecule has 0 radical (unpaired) electrons. The number of aromatic nitrogens is 2. The van der Waals surface area contributed by atoms with Crippen LogP contribution in [0.25, 0.3) is 0 Å². The normalized spacial score (nSPS) is 24.9. The third-order valence-corrected chi connectivity index (χ3v) is 3.33. The summed E-state index contributed by atoms with van der Waals surface area (Å²) in [7, 11) is 1.66. The smallest absolute Gasteiger partial charge is 0.160 e. The van der Waals surface area contributed by atoms with Crippen LogP contribution in [0.2, 0.25) is 0 Å². The van der Waals surface area contributed by atoms with E-state index in [0.717, 1.165) is 43.7 Å². The van der Waals surface area contributed by atoms with Gasteiger partial charge in [0.25, 0.3) is 0 Å². The van der Waals surface area contributed by atoms with Crippen molar-refractivity contribution >= 4 is 0 Å². The Kier molecular flexibility index (Phi) is 3.49. The average Bonchev–Trinajstić information content (AvgIpc) is 2.85. The lowest BCUT2D eigenvalue weighted by Crippen LogP contribution is -2.17. The number of aliphatic hydroxyl groups is 1. The first-order valence-corrected chi connectivity index (χ1v) is 6.05. The lowest BCUT2D eigenvalue weighted by Gasteiger charge is -2.17. The van der Waals surface area contributed by atoms with Gasteiger partial charge in [0.1, 0.15) is 0 Å². The number of rotatable bonds is 4. The summed E-state index contributed by atoms with van der Waals surface area (Å²) in [5.74, 6) is 1.02. The molecule has 16 heavy (non-hydrogen) atoms. The molecule has 0 amide bonds. The Morgan fingerprint density at radius 3 is 2.94 bits per heavy atom. The molecule has 1 fully saturated rings. The predicted octanol–water partition coefficient (Wildman–Crippen LogP) is 1.93. The van der Waals surface area contributed by atoms with Gasteiger partial charge in [-0.1, -0.05) is 13.3 Å². The number of hydrogen-bond donors (Lipinski definition) is 1. The second-order valence-corrected chi connectivity index (χ2v) is 4.43. The Morgan fingerprint density at radius 2 is 2.38 bits per heavy atom. The molecule has 1 aromatic rings. The van der Waals surface area contributed by atoms with Crippen LogP contribution < -0.4 is 4.74 Å². The highest BCUT2D eigenvalue weighted by Gasteiger charge is 2.32. The van der Waals surface area contributed by atoms with Gasteiger partial charge in [-0.2, -0.15) is 5.10 Å². The topological polar surface area (TPSA) is 47.3 Å². The quantitative estimate of drug-likeness (QED) is 0.850. The van der Waals surface area contributed by atoms with Gasteiger partial charge in [0.2, 0.25) is 0 Å². The van der Waals surface area contributed by atoms with Gasteiger partial charge in [-0.25, -0.2) is 0 Å². The lowest BCUT2D eigenvalue weighted by molar-refractivity contribution is 0.158. The summed E-state index contributed by atoms with van der Waals surface area (Å²) in [4.78, 5) is 0. The van der Waals surface area contributed by atoms with Gasteiger partial charge in [-0.15, -0.1) is 0 Å². The van der Waals surface area contributed by atoms with Crippen LogP contribution in [0.4, 0.5) is 0 Å². The average molecular weight is 224 g/mol. The summed E-state index contributed by atoms with van der Waals surface area (Å²) in [5.41, 5.74) is 1.08. The maximum Gasteiger partial charge on any atom is 0.160 e. The van der Waals surface area contributed by atoms with Crippen molar-refractivity contribution in [1.82, 2.24) is 9.78 Å². The zero-order valence-electron chi connectivity index (χ0n) is 10.0. The van der Waals surface area contributed by atoms with E-state index in [9.17, 15) is 5.11 Å². The molecule has 4 heteroatoms. The maximum atomic E-state index is 9.98. The van der Waals surface area contributed by atoms with E-state index in [1.54, 1.807) is 13.3 Å². The molecule has 4 nitrogen and oxygen atoms in total. The van der Waals surface area contributed by atoms with E-state index in [-0.39, 0.29) is 12.0 Å². The van der Waals surface area contributed by atoms with Crippen LogP contribution in [-0.4, -0.2) is 28.1 Å². The highest BCUT2D eigenvalue weighted by molar-refractivity contribution is 5.30.